The number of aromatic nitrogens is 3. The Hall–Kier alpha value is -3.26. The van der Waals surface area contributed by atoms with Gasteiger partial charge >= 0.3 is 0 Å². The third-order valence-corrected chi connectivity index (χ3v) is 5.26. The maximum Gasteiger partial charge on any atom is 0.267 e. The number of carbonyl (C=O) groups is 1. The average Bonchev–Trinajstić information content (AvgIpc) is 3.29. The summed E-state index contributed by atoms with van der Waals surface area (Å²) >= 11 is 1.27. The molecular formula is C20H17FN4O2S. The van der Waals surface area contributed by atoms with Crippen molar-refractivity contribution in [3.8, 4) is 5.88 Å². The minimum absolute atomic E-state index is 0.248. The Morgan fingerprint density at radius 2 is 2.04 bits per heavy atom. The molecule has 0 aliphatic rings. The molecule has 6 nitrogen and oxygen atoms in total. The number of rotatable bonds is 5. The molecule has 0 spiro atoms. The fourth-order valence-electron chi connectivity index (χ4n) is 2.90. The summed E-state index contributed by atoms with van der Waals surface area (Å²) in [6, 6.07) is 14.0. The van der Waals surface area contributed by atoms with Crippen LogP contribution in [0.15, 0.2) is 54.7 Å². The molecule has 2 aromatic heterocycles. The molecule has 0 bridgehead atoms. The van der Waals surface area contributed by atoms with Crippen LogP contribution in [-0.2, 0) is 13.6 Å². The molecule has 0 fully saturated rings. The topological polar surface area (TPSA) is 60.3 Å². The molecule has 2 aromatic carbocycles. The van der Waals surface area contributed by atoms with E-state index in [1.807, 2.05) is 30.3 Å². The molecule has 8 heteroatoms. The van der Waals surface area contributed by atoms with Gasteiger partial charge in [0.05, 0.1) is 23.9 Å². The van der Waals surface area contributed by atoms with Crippen LogP contribution in [0, 0.1) is 5.82 Å². The van der Waals surface area contributed by atoms with Crippen molar-refractivity contribution in [2.45, 2.75) is 6.54 Å². The van der Waals surface area contributed by atoms with E-state index in [1.54, 1.807) is 24.2 Å². The number of nitrogens with zero attached hydrogens (tertiary/aromatic N) is 4. The highest BCUT2D eigenvalue weighted by Gasteiger charge is 2.26. The summed E-state index contributed by atoms with van der Waals surface area (Å²) in [6.45, 7) is 0.319. The van der Waals surface area contributed by atoms with Crippen LogP contribution in [0.2, 0.25) is 0 Å². The minimum Gasteiger partial charge on any atom is -0.479 e. The normalized spacial score (nSPS) is 11.0. The van der Waals surface area contributed by atoms with Gasteiger partial charge in [0.15, 0.2) is 5.13 Å². The maximum atomic E-state index is 13.6. The van der Waals surface area contributed by atoms with E-state index in [0.29, 0.717) is 27.5 Å². The van der Waals surface area contributed by atoms with E-state index < -0.39 is 0 Å². The van der Waals surface area contributed by atoms with Crippen molar-refractivity contribution >= 4 is 32.6 Å². The largest absolute Gasteiger partial charge is 0.479 e. The van der Waals surface area contributed by atoms with Crippen LogP contribution in [0.25, 0.3) is 10.2 Å². The molecular weight excluding hydrogens is 379 g/mol. The summed E-state index contributed by atoms with van der Waals surface area (Å²) in [5.41, 5.74) is 1.93. The zero-order chi connectivity index (χ0) is 19.7. The van der Waals surface area contributed by atoms with Crippen molar-refractivity contribution in [1.29, 1.82) is 0 Å². The van der Waals surface area contributed by atoms with Crippen LogP contribution >= 0.6 is 11.3 Å². The van der Waals surface area contributed by atoms with Crippen LogP contribution < -0.4 is 9.64 Å². The maximum absolute atomic E-state index is 13.6. The zero-order valence-corrected chi connectivity index (χ0v) is 16.1. The standard InChI is InChI=1S/C20H17FN4O2S/c1-24-12-15(18(23-24)27-2)19(26)25(11-13-6-4-3-5-7-13)20-22-16-9-8-14(21)10-17(16)28-20/h3-10,12H,11H2,1-2H3. The first-order chi connectivity index (χ1) is 13.5. The number of halogens is 1. The van der Waals surface area contributed by atoms with E-state index in [4.69, 9.17) is 4.74 Å². The summed E-state index contributed by atoms with van der Waals surface area (Å²) in [6.07, 6.45) is 1.62. The average molecular weight is 396 g/mol. The summed E-state index contributed by atoms with van der Waals surface area (Å²) < 4.78 is 21.0. The van der Waals surface area contributed by atoms with Gasteiger partial charge in [-0.2, -0.15) is 0 Å². The first kappa shape index (κ1) is 18.1. The molecule has 0 N–H and O–H groups in total. The number of aryl methyl sites for hydroxylation is 1. The quantitative estimate of drug-likeness (QED) is 0.511. The van der Waals surface area contributed by atoms with Gasteiger partial charge in [-0.3, -0.25) is 14.4 Å². The fourth-order valence-corrected chi connectivity index (χ4v) is 3.89. The van der Waals surface area contributed by atoms with Gasteiger partial charge in [0, 0.05) is 13.2 Å². The SMILES string of the molecule is COc1nn(C)cc1C(=O)N(Cc1ccccc1)c1nc2ccc(F)cc2s1. The second kappa shape index (κ2) is 7.40. The van der Waals surface area contributed by atoms with Gasteiger partial charge in [0.25, 0.3) is 5.91 Å². The van der Waals surface area contributed by atoms with Crippen LogP contribution in [0.1, 0.15) is 15.9 Å². The third kappa shape index (κ3) is 3.46. The number of ether oxygens (including phenoxy) is 1. The molecule has 4 rings (SSSR count). The van der Waals surface area contributed by atoms with E-state index in [9.17, 15) is 9.18 Å². The molecule has 142 valence electrons. The lowest BCUT2D eigenvalue weighted by molar-refractivity contribution is 0.0982. The number of fused-ring (bicyclic) bond motifs is 1. The summed E-state index contributed by atoms with van der Waals surface area (Å²) in [4.78, 5) is 19.5. The summed E-state index contributed by atoms with van der Waals surface area (Å²) in [5.74, 6) is -0.372. The molecule has 1 amide bonds. The van der Waals surface area contributed by atoms with Crippen molar-refractivity contribution in [2.75, 3.05) is 12.0 Å². The van der Waals surface area contributed by atoms with Gasteiger partial charge in [0.2, 0.25) is 5.88 Å². The molecule has 0 saturated heterocycles. The number of methoxy groups -OCH3 is 1. The van der Waals surface area contributed by atoms with Crippen LogP contribution in [0.5, 0.6) is 5.88 Å². The number of hydrogen-bond acceptors (Lipinski definition) is 5. The lowest BCUT2D eigenvalue weighted by Crippen LogP contribution is -2.30. The summed E-state index contributed by atoms with van der Waals surface area (Å²) in [7, 11) is 3.20. The Kier molecular flexibility index (Phi) is 4.79. The summed E-state index contributed by atoms with van der Waals surface area (Å²) in [5, 5.41) is 4.65. The number of benzene rings is 2. The van der Waals surface area contributed by atoms with Gasteiger partial charge in [-0.05, 0) is 23.8 Å². The lowest BCUT2D eigenvalue weighted by Gasteiger charge is -2.19. The van der Waals surface area contributed by atoms with Gasteiger partial charge < -0.3 is 4.74 Å². The number of thiazole rings is 1. The molecule has 0 unspecified atom stereocenters. The van der Waals surface area contributed by atoms with Gasteiger partial charge in [-0.15, -0.1) is 5.10 Å². The van der Waals surface area contributed by atoms with E-state index in [0.717, 1.165) is 5.56 Å². The number of amides is 1. The van der Waals surface area contributed by atoms with E-state index >= 15 is 0 Å². The molecule has 28 heavy (non-hydrogen) atoms. The van der Waals surface area contributed by atoms with Crippen molar-refractivity contribution in [2.24, 2.45) is 7.05 Å². The monoisotopic (exact) mass is 396 g/mol. The van der Waals surface area contributed by atoms with Gasteiger partial charge in [-0.1, -0.05) is 41.7 Å². The highest BCUT2D eigenvalue weighted by molar-refractivity contribution is 7.22. The van der Waals surface area contributed by atoms with Crippen LogP contribution in [0.3, 0.4) is 0 Å². The van der Waals surface area contributed by atoms with E-state index in [-0.39, 0.29) is 17.6 Å². The van der Waals surface area contributed by atoms with E-state index in [2.05, 4.69) is 10.1 Å². The Balaban J connectivity index is 1.79. The smallest absolute Gasteiger partial charge is 0.267 e. The van der Waals surface area contributed by atoms with Crippen molar-refractivity contribution in [3.05, 3.63) is 71.7 Å². The highest BCUT2D eigenvalue weighted by Crippen LogP contribution is 2.32. The second-order valence-corrected chi connectivity index (χ2v) is 7.22. The van der Waals surface area contributed by atoms with Crippen molar-refractivity contribution in [3.63, 3.8) is 0 Å². The molecule has 2 heterocycles. The predicted molar refractivity (Wildman–Crippen MR) is 106 cm³/mol. The Bertz CT molecular complexity index is 1140. The first-order valence-corrected chi connectivity index (χ1v) is 9.36. The molecule has 0 aliphatic heterocycles. The Labute approximate surface area is 164 Å². The number of carbonyl (C=O) groups excluding carboxylic acids is 1. The van der Waals surface area contributed by atoms with Crippen LogP contribution in [-0.4, -0.2) is 27.8 Å². The number of hydrogen-bond donors (Lipinski definition) is 0. The highest BCUT2D eigenvalue weighted by atomic mass is 32.1. The molecule has 0 atom stereocenters. The molecule has 0 aliphatic carbocycles. The predicted octanol–water partition coefficient (Wildman–Crippen LogP) is 4.02. The van der Waals surface area contributed by atoms with Gasteiger partial charge in [0.1, 0.15) is 11.4 Å². The minimum atomic E-state index is -0.336. The Morgan fingerprint density at radius 3 is 2.79 bits per heavy atom. The lowest BCUT2D eigenvalue weighted by atomic mass is 10.2. The first-order valence-electron chi connectivity index (χ1n) is 8.54. The van der Waals surface area contributed by atoms with Crippen molar-refractivity contribution in [1.82, 2.24) is 14.8 Å². The number of anilines is 1. The third-order valence-electron chi connectivity index (χ3n) is 4.22. The Morgan fingerprint density at radius 1 is 1.25 bits per heavy atom. The fraction of sp³-hybridized carbons (Fsp3) is 0.150. The van der Waals surface area contributed by atoms with E-state index in [1.165, 1.54) is 35.3 Å². The van der Waals surface area contributed by atoms with Gasteiger partial charge in [-0.25, -0.2) is 9.37 Å². The zero-order valence-electron chi connectivity index (χ0n) is 15.3. The molecule has 4 aromatic rings. The molecule has 0 radical (unpaired) electrons. The second-order valence-electron chi connectivity index (χ2n) is 6.21. The van der Waals surface area contributed by atoms with Crippen LogP contribution in [0.4, 0.5) is 9.52 Å². The van der Waals surface area contributed by atoms with Crippen molar-refractivity contribution < 1.29 is 13.9 Å². The molecule has 0 saturated carbocycles.